The second kappa shape index (κ2) is 7.08. The third-order valence-electron chi connectivity index (χ3n) is 10.0. The lowest BCUT2D eigenvalue weighted by atomic mass is 9.15. The average Bonchev–Trinajstić information content (AvgIpc) is 3.07. The number of amides is 3. The van der Waals surface area contributed by atoms with Gasteiger partial charge in [0.25, 0.3) is 5.91 Å². The van der Waals surface area contributed by atoms with Gasteiger partial charge < -0.3 is 10.2 Å². The van der Waals surface area contributed by atoms with Crippen LogP contribution in [0.15, 0.2) is 23.1 Å². The van der Waals surface area contributed by atoms with Gasteiger partial charge in [0.05, 0.1) is 0 Å². The van der Waals surface area contributed by atoms with Crippen LogP contribution in [0.3, 0.4) is 0 Å². The van der Waals surface area contributed by atoms with Crippen LogP contribution in [0.5, 0.6) is 0 Å². The largest absolute Gasteiger partial charge is 0.322 e. The first-order valence-electron chi connectivity index (χ1n) is 12.7. The minimum absolute atomic E-state index is 0.0901. The topological polar surface area (TPSA) is 78.5 Å². The van der Waals surface area contributed by atoms with Crippen LogP contribution < -0.4 is 10.6 Å². The van der Waals surface area contributed by atoms with E-state index in [1.54, 1.807) is 4.90 Å². The quantitative estimate of drug-likeness (QED) is 0.350. The summed E-state index contributed by atoms with van der Waals surface area (Å²) in [5, 5.41) is 6.37. The highest BCUT2D eigenvalue weighted by Gasteiger charge is 2.87. The van der Waals surface area contributed by atoms with Crippen molar-refractivity contribution in [2.24, 2.45) is 23.2 Å². The molecule has 4 saturated carbocycles. The van der Waals surface area contributed by atoms with E-state index in [4.69, 9.17) is 0 Å². The van der Waals surface area contributed by atoms with E-state index < -0.39 is 6.04 Å². The molecule has 3 atom stereocenters. The van der Waals surface area contributed by atoms with E-state index in [0.29, 0.717) is 24.1 Å². The van der Waals surface area contributed by atoms with Crippen molar-refractivity contribution in [3.63, 3.8) is 0 Å². The maximum Gasteiger partial charge on any atom is 0.255 e. The molecule has 2 N–H and O–H groups in total. The van der Waals surface area contributed by atoms with Crippen LogP contribution in [-0.2, 0) is 16.1 Å². The summed E-state index contributed by atoms with van der Waals surface area (Å²) in [4.78, 5) is 39.5. The summed E-state index contributed by atoms with van der Waals surface area (Å²) in [5.74, 6) is 3.52. The molecule has 33 heavy (non-hydrogen) atoms. The highest BCUT2D eigenvalue weighted by Crippen LogP contribution is 2.89. The Bertz CT molecular complexity index is 1050. The maximum absolute atomic E-state index is 13.0. The van der Waals surface area contributed by atoms with Gasteiger partial charge in [0.2, 0.25) is 11.8 Å². The van der Waals surface area contributed by atoms with Crippen LogP contribution >= 0.6 is 11.8 Å². The fourth-order valence-corrected chi connectivity index (χ4v) is 9.75. The summed E-state index contributed by atoms with van der Waals surface area (Å²) < 4.78 is 0. The minimum atomic E-state index is -0.548. The molecule has 2 heterocycles. The molecule has 0 aromatic heterocycles. The number of hydrogen-bond donors (Lipinski definition) is 2. The maximum atomic E-state index is 13.0. The summed E-state index contributed by atoms with van der Waals surface area (Å²) in [7, 11) is 0. The van der Waals surface area contributed by atoms with Crippen LogP contribution in [0, 0.1) is 23.2 Å². The van der Waals surface area contributed by atoms with Gasteiger partial charge in [-0.3, -0.25) is 19.7 Å². The fourth-order valence-electron chi connectivity index (χ4n) is 8.66. The number of rotatable bonds is 8. The first-order chi connectivity index (χ1) is 16.0. The lowest BCUT2D eigenvalue weighted by molar-refractivity contribution is -0.397. The molecule has 1 saturated heterocycles. The number of thioether (sulfide) groups is 1. The van der Waals surface area contributed by atoms with Crippen LogP contribution in [0.25, 0.3) is 0 Å². The smallest absolute Gasteiger partial charge is 0.255 e. The van der Waals surface area contributed by atoms with E-state index in [-0.39, 0.29) is 24.1 Å². The molecule has 7 heteroatoms. The zero-order valence-electron chi connectivity index (χ0n) is 18.9. The number of imide groups is 1. The molecule has 5 fully saturated rings. The third-order valence-corrected chi connectivity index (χ3v) is 11.2. The average molecular weight is 466 g/mol. The summed E-state index contributed by atoms with van der Waals surface area (Å²) in [6, 6.07) is 5.36. The molecule has 1 aromatic rings. The van der Waals surface area contributed by atoms with E-state index >= 15 is 0 Å². The molecule has 1 spiro atoms. The molecule has 3 unspecified atom stereocenters. The number of nitrogens with one attached hydrogen (secondary N) is 2. The van der Waals surface area contributed by atoms with E-state index in [1.165, 1.54) is 32.1 Å². The monoisotopic (exact) mass is 465 g/mol. The Balaban J connectivity index is 0.916. The Morgan fingerprint density at radius 1 is 1.09 bits per heavy atom. The van der Waals surface area contributed by atoms with E-state index in [1.807, 2.05) is 23.9 Å². The molecule has 0 radical (unpaired) electrons. The Morgan fingerprint density at radius 2 is 1.91 bits per heavy atom. The molecule has 7 rings (SSSR count). The minimum Gasteiger partial charge on any atom is -0.322 e. The second-order valence-corrected chi connectivity index (χ2v) is 12.3. The van der Waals surface area contributed by atoms with Gasteiger partial charge in [0, 0.05) is 29.0 Å². The van der Waals surface area contributed by atoms with Crippen molar-refractivity contribution in [1.29, 1.82) is 0 Å². The number of benzene rings is 1. The van der Waals surface area contributed by atoms with E-state index in [9.17, 15) is 14.4 Å². The van der Waals surface area contributed by atoms with Crippen molar-refractivity contribution >= 4 is 29.5 Å². The Kier molecular flexibility index (Phi) is 4.40. The van der Waals surface area contributed by atoms with Crippen molar-refractivity contribution in [3.05, 3.63) is 29.3 Å². The molecule has 6 nitrogen and oxygen atoms in total. The molecule has 0 bridgehead atoms. The molecule has 3 amide bonds. The summed E-state index contributed by atoms with van der Waals surface area (Å²) in [6.45, 7) is 1.59. The van der Waals surface area contributed by atoms with Crippen LogP contribution in [-0.4, -0.2) is 46.5 Å². The van der Waals surface area contributed by atoms with Crippen molar-refractivity contribution in [3.8, 4) is 0 Å². The van der Waals surface area contributed by atoms with Gasteiger partial charge in [0.1, 0.15) is 6.04 Å². The Labute approximate surface area is 198 Å². The van der Waals surface area contributed by atoms with Crippen molar-refractivity contribution in [2.45, 2.75) is 74.4 Å². The van der Waals surface area contributed by atoms with Gasteiger partial charge >= 0.3 is 0 Å². The number of piperidine rings is 1. The molecular formula is C26H31N3O3S. The van der Waals surface area contributed by atoms with Crippen LogP contribution in [0.2, 0.25) is 0 Å². The third kappa shape index (κ3) is 2.58. The zero-order valence-corrected chi connectivity index (χ0v) is 19.7. The van der Waals surface area contributed by atoms with Gasteiger partial charge in [-0.1, -0.05) is 6.07 Å². The van der Waals surface area contributed by atoms with Crippen molar-refractivity contribution in [1.82, 2.24) is 15.5 Å². The van der Waals surface area contributed by atoms with E-state index in [0.717, 1.165) is 52.3 Å². The summed E-state index contributed by atoms with van der Waals surface area (Å²) in [6.07, 6.45) is 8.95. The van der Waals surface area contributed by atoms with Crippen molar-refractivity contribution < 1.29 is 14.4 Å². The number of fused-ring (bicyclic) bond motifs is 1. The highest BCUT2D eigenvalue weighted by molar-refractivity contribution is 7.99. The second-order valence-electron chi connectivity index (χ2n) is 11.2. The van der Waals surface area contributed by atoms with Crippen molar-refractivity contribution in [2.75, 3.05) is 12.3 Å². The number of unbranched alkanes of at least 4 members (excludes halogenated alkanes) is 1. The number of carbonyl (C=O) groups excluding carboxylic acids is 3. The predicted octanol–water partition coefficient (Wildman–Crippen LogP) is 3.10. The van der Waals surface area contributed by atoms with E-state index in [2.05, 4.69) is 16.7 Å². The van der Waals surface area contributed by atoms with Gasteiger partial charge in [-0.25, -0.2) is 0 Å². The first-order valence-corrected chi connectivity index (χ1v) is 13.7. The summed E-state index contributed by atoms with van der Waals surface area (Å²) >= 11 is 1.83. The number of hydrogen-bond acceptors (Lipinski definition) is 5. The predicted molar refractivity (Wildman–Crippen MR) is 125 cm³/mol. The zero-order chi connectivity index (χ0) is 22.4. The van der Waals surface area contributed by atoms with Gasteiger partial charge in [-0.15, -0.1) is 11.8 Å². The summed E-state index contributed by atoms with van der Waals surface area (Å²) in [5.41, 5.74) is 3.03. The lowest BCUT2D eigenvalue weighted by Gasteiger charge is -2.91. The van der Waals surface area contributed by atoms with Crippen LogP contribution in [0.4, 0.5) is 0 Å². The molecule has 174 valence electrons. The lowest BCUT2D eigenvalue weighted by Crippen LogP contribution is -2.92. The van der Waals surface area contributed by atoms with Crippen LogP contribution in [0.1, 0.15) is 67.3 Å². The molecule has 2 aliphatic heterocycles. The number of nitrogens with zero attached hydrogens (tertiary/aromatic N) is 1. The SMILES string of the molecule is O=C1CCC(N2Cc3c(SCCCCNC45CC6CC7CC(C4)C765)cccc3C2=O)C(=O)N1. The highest BCUT2D eigenvalue weighted by atomic mass is 32.2. The number of carbonyl (C=O) groups is 3. The Hall–Kier alpha value is -1.86. The standard InChI is InChI=1S/C26H31N3O3S/c30-22-7-6-20(23(31)28-22)29-14-19-18(24(29)32)4-3-5-21(19)33-9-2-1-8-27-25-12-16-10-15-11-17(13-25)26(15,16)25/h3-5,15-17,20,27H,1-2,6-14H2,(H,28,30,31). The molecule has 6 aliphatic rings. The Morgan fingerprint density at radius 3 is 2.64 bits per heavy atom. The van der Waals surface area contributed by atoms with Gasteiger partial charge in [-0.2, -0.15) is 0 Å². The van der Waals surface area contributed by atoms with Gasteiger partial charge in [0.15, 0.2) is 0 Å². The first kappa shape index (κ1) is 20.5. The van der Waals surface area contributed by atoms with Gasteiger partial charge in [-0.05, 0) is 98.1 Å². The molecular weight excluding hydrogens is 434 g/mol. The normalized spacial score (nSPS) is 39.4. The molecule has 1 aromatic carbocycles. The fraction of sp³-hybridized carbons (Fsp3) is 0.654. The molecule has 4 aliphatic carbocycles.